The van der Waals surface area contributed by atoms with Crippen molar-refractivity contribution >= 4 is 23.1 Å². The first-order valence-electron chi connectivity index (χ1n) is 11.5. The number of ether oxygens (including phenoxy) is 2. The van der Waals surface area contributed by atoms with Gasteiger partial charge in [-0.05, 0) is 81.3 Å². The van der Waals surface area contributed by atoms with Crippen molar-refractivity contribution in [3.63, 3.8) is 0 Å². The topological polar surface area (TPSA) is 76.1 Å². The number of rotatable bonds is 6. The Morgan fingerprint density at radius 2 is 1.66 bits per heavy atom. The first-order chi connectivity index (χ1) is 16.7. The van der Waals surface area contributed by atoms with Crippen molar-refractivity contribution in [3.8, 4) is 11.5 Å². The van der Waals surface area contributed by atoms with E-state index >= 15 is 0 Å². The number of methoxy groups -OCH3 is 1. The van der Waals surface area contributed by atoms with Gasteiger partial charge in [-0.2, -0.15) is 0 Å². The van der Waals surface area contributed by atoms with E-state index < -0.39 is 17.7 Å². The zero-order chi connectivity index (χ0) is 25.3. The fourth-order valence-corrected chi connectivity index (χ4v) is 4.32. The summed E-state index contributed by atoms with van der Waals surface area (Å²) in [5, 5.41) is 11.4. The molecular weight excluding hydrogens is 442 g/mol. The van der Waals surface area contributed by atoms with Gasteiger partial charge in [0.25, 0.3) is 11.7 Å². The van der Waals surface area contributed by atoms with E-state index in [9.17, 15) is 14.7 Å². The summed E-state index contributed by atoms with van der Waals surface area (Å²) in [4.78, 5) is 28.2. The highest BCUT2D eigenvalue weighted by molar-refractivity contribution is 6.51. The molecule has 6 heteroatoms. The predicted octanol–water partition coefficient (Wildman–Crippen LogP) is 5.73. The Hall–Kier alpha value is -4.06. The van der Waals surface area contributed by atoms with E-state index in [4.69, 9.17) is 9.47 Å². The Morgan fingerprint density at radius 1 is 0.943 bits per heavy atom. The molecule has 1 atom stereocenters. The van der Waals surface area contributed by atoms with E-state index in [1.807, 2.05) is 52.0 Å². The maximum atomic E-state index is 13.4. The van der Waals surface area contributed by atoms with Crippen LogP contribution < -0.4 is 14.4 Å². The number of Topliss-reactive ketones (excluding diaryl/α,β-unsaturated/α-hetero) is 1. The van der Waals surface area contributed by atoms with Crippen LogP contribution in [-0.4, -0.2) is 30.0 Å². The van der Waals surface area contributed by atoms with Crippen LogP contribution in [-0.2, 0) is 9.59 Å². The summed E-state index contributed by atoms with van der Waals surface area (Å²) in [6, 6.07) is 19.0. The number of amides is 1. The van der Waals surface area contributed by atoms with Crippen LogP contribution >= 0.6 is 0 Å². The van der Waals surface area contributed by atoms with Crippen molar-refractivity contribution in [1.29, 1.82) is 0 Å². The van der Waals surface area contributed by atoms with Gasteiger partial charge in [-0.3, -0.25) is 14.5 Å². The lowest BCUT2D eigenvalue weighted by Gasteiger charge is -2.26. The molecule has 6 nitrogen and oxygen atoms in total. The van der Waals surface area contributed by atoms with Crippen molar-refractivity contribution in [2.45, 2.75) is 39.8 Å². The first kappa shape index (κ1) is 24.1. The SMILES string of the molecule is COc1cccc(C2/C(=C(\O)c3cc(C)ccc3C)C(=O)C(=O)N2c2ccc(OC(C)C)cc2)c1. The molecule has 0 spiro atoms. The summed E-state index contributed by atoms with van der Waals surface area (Å²) in [6.07, 6.45) is 0.00410. The molecule has 1 saturated heterocycles. The lowest BCUT2D eigenvalue weighted by molar-refractivity contribution is -0.132. The third-order valence-corrected chi connectivity index (χ3v) is 5.99. The molecule has 1 N–H and O–H groups in total. The van der Waals surface area contributed by atoms with Crippen LogP contribution in [0.4, 0.5) is 5.69 Å². The largest absolute Gasteiger partial charge is 0.507 e. The minimum atomic E-state index is -0.832. The van der Waals surface area contributed by atoms with Gasteiger partial charge in [0.15, 0.2) is 0 Å². The maximum absolute atomic E-state index is 13.4. The first-order valence-corrected chi connectivity index (χ1v) is 11.5. The van der Waals surface area contributed by atoms with E-state index in [1.165, 1.54) is 4.90 Å². The van der Waals surface area contributed by atoms with Gasteiger partial charge in [0.1, 0.15) is 17.3 Å². The molecule has 0 aromatic heterocycles. The Labute approximate surface area is 205 Å². The van der Waals surface area contributed by atoms with Gasteiger partial charge in [-0.15, -0.1) is 0 Å². The lowest BCUT2D eigenvalue weighted by Crippen LogP contribution is -2.29. The number of aryl methyl sites for hydroxylation is 2. The predicted molar refractivity (Wildman–Crippen MR) is 136 cm³/mol. The molecule has 1 aliphatic heterocycles. The Morgan fingerprint density at radius 3 is 2.31 bits per heavy atom. The minimum absolute atomic E-state index is 0.00410. The average Bonchev–Trinajstić information content (AvgIpc) is 3.11. The molecule has 1 heterocycles. The second kappa shape index (κ2) is 9.66. The molecule has 35 heavy (non-hydrogen) atoms. The lowest BCUT2D eigenvalue weighted by atomic mass is 9.93. The molecular formula is C29H29NO5. The molecule has 1 fully saturated rings. The summed E-state index contributed by atoms with van der Waals surface area (Å²) in [5.74, 6) is -0.394. The van der Waals surface area contributed by atoms with E-state index in [0.29, 0.717) is 28.3 Å². The number of aliphatic hydroxyl groups excluding tert-OH is 1. The molecule has 3 aromatic carbocycles. The zero-order valence-electron chi connectivity index (χ0n) is 20.5. The van der Waals surface area contributed by atoms with E-state index in [-0.39, 0.29) is 17.4 Å². The van der Waals surface area contributed by atoms with Crippen molar-refractivity contribution in [3.05, 3.63) is 94.6 Å². The van der Waals surface area contributed by atoms with Gasteiger partial charge in [-0.25, -0.2) is 0 Å². The van der Waals surface area contributed by atoms with Gasteiger partial charge >= 0.3 is 0 Å². The number of benzene rings is 3. The van der Waals surface area contributed by atoms with Crippen LogP contribution in [0.3, 0.4) is 0 Å². The monoisotopic (exact) mass is 471 g/mol. The van der Waals surface area contributed by atoms with Crippen LogP contribution in [0.5, 0.6) is 11.5 Å². The van der Waals surface area contributed by atoms with E-state index in [1.54, 1.807) is 49.6 Å². The molecule has 0 aliphatic carbocycles. The van der Waals surface area contributed by atoms with Crippen LogP contribution in [0, 0.1) is 13.8 Å². The molecule has 1 aliphatic rings. The maximum Gasteiger partial charge on any atom is 0.300 e. The highest BCUT2D eigenvalue weighted by Crippen LogP contribution is 2.43. The number of anilines is 1. The van der Waals surface area contributed by atoms with Gasteiger partial charge in [0.2, 0.25) is 0 Å². The molecule has 3 aromatic rings. The van der Waals surface area contributed by atoms with Crippen LogP contribution in [0.25, 0.3) is 5.76 Å². The molecule has 1 amide bonds. The van der Waals surface area contributed by atoms with Crippen molar-refractivity contribution < 1.29 is 24.2 Å². The number of hydrogen-bond donors (Lipinski definition) is 1. The van der Waals surface area contributed by atoms with Crippen molar-refractivity contribution in [2.75, 3.05) is 12.0 Å². The highest BCUT2D eigenvalue weighted by atomic mass is 16.5. The van der Waals surface area contributed by atoms with Crippen LogP contribution in [0.2, 0.25) is 0 Å². The standard InChI is InChI=1S/C29H29NO5/c1-17(2)35-22-13-11-21(12-14-22)30-26(20-7-6-8-23(16-20)34-5)25(28(32)29(30)33)27(31)24-15-18(3)9-10-19(24)4/h6-17,26,31H,1-5H3/b27-25+. The summed E-state index contributed by atoms with van der Waals surface area (Å²) < 4.78 is 11.1. The molecule has 1 unspecified atom stereocenters. The highest BCUT2D eigenvalue weighted by Gasteiger charge is 2.47. The van der Waals surface area contributed by atoms with Crippen molar-refractivity contribution in [1.82, 2.24) is 0 Å². The Bertz CT molecular complexity index is 1310. The number of ketones is 1. The van der Waals surface area contributed by atoms with Crippen LogP contribution in [0.15, 0.2) is 72.3 Å². The van der Waals surface area contributed by atoms with Gasteiger partial charge in [0, 0.05) is 11.3 Å². The summed E-state index contributed by atoms with van der Waals surface area (Å²) >= 11 is 0. The van der Waals surface area contributed by atoms with E-state index in [2.05, 4.69) is 0 Å². The zero-order valence-corrected chi connectivity index (χ0v) is 20.5. The second-order valence-electron chi connectivity index (χ2n) is 8.92. The van der Waals surface area contributed by atoms with Crippen molar-refractivity contribution in [2.24, 2.45) is 0 Å². The van der Waals surface area contributed by atoms with Crippen LogP contribution in [0.1, 0.15) is 42.1 Å². The third kappa shape index (κ3) is 4.64. The van der Waals surface area contributed by atoms with E-state index in [0.717, 1.165) is 11.1 Å². The second-order valence-corrected chi connectivity index (χ2v) is 8.92. The van der Waals surface area contributed by atoms with Gasteiger partial charge < -0.3 is 14.6 Å². The third-order valence-electron chi connectivity index (χ3n) is 5.99. The fourth-order valence-electron chi connectivity index (χ4n) is 4.32. The number of carbonyl (C=O) groups excluding carboxylic acids is 2. The molecule has 4 rings (SSSR count). The molecule has 180 valence electrons. The van der Waals surface area contributed by atoms with Gasteiger partial charge in [0.05, 0.1) is 24.8 Å². The number of hydrogen-bond acceptors (Lipinski definition) is 5. The Balaban J connectivity index is 1.92. The summed E-state index contributed by atoms with van der Waals surface area (Å²) in [5.41, 5.74) is 3.48. The summed E-state index contributed by atoms with van der Waals surface area (Å²) in [6.45, 7) is 7.64. The Kier molecular flexibility index (Phi) is 6.65. The smallest absolute Gasteiger partial charge is 0.300 e. The summed E-state index contributed by atoms with van der Waals surface area (Å²) in [7, 11) is 1.56. The number of carbonyl (C=O) groups is 2. The number of nitrogens with zero attached hydrogens (tertiary/aromatic N) is 1. The average molecular weight is 472 g/mol. The molecule has 0 saturated carbocycles. The quantitative estimate of drug-likeness (QED) is 0.282. The molecule has 0 bridgehead atoms. The van der Waals surface area contributed by atoms with Gasteiger partial charge in [-0.1, -0.05) is 29.8 Å². The molecule has 0 radical (unpaired) electrons. The fraction of sp³-hybridized carbons (Fsp3) is 0.241. The minimum Gasteiger partial charge on any atom is -0.507 e. The number of aliphatic hydroxyl groups is 1. The normalized spacial score (nSPS) is 17.2.